The molecule has 3 N–H and O–H groups in total. The molecule has 0 aliphatic carbocycles. The number of rotatable bonds is 4. The summed E-state index contributed by atoms with van der Waals surface area (Å²) in [6, 6.07) is 0.173. The summed E-state index contributed by atoms with van der Waals surface area (Å²) in [5.74, 6) is 0.707. The van der Waals surface area contributed by atoms with Crippen molar-refractivity contribution in [1.82, 2.24) is 15.0 Å². The molecule has 2 heterocycles. The van der Waals surface area contributed by atoms with Crippen LogP contribution in [0.1, 0.15) is 19.3 Å². The molecule has 17 heavy (non-hydrogen) atoms. The molecule has 0 atom stereocenters. The van der Waals surface area contributed by atoms with Crippen LogP contribution in [0.5, 0.6) is 6.01 Å². The predicted octanol–water partition coefficient (Wildman–Crippen LogP) is -0.185. The summed E-state index contributed by atoms with van der Waals surface area (Å²) in [5, 5.41) is 8.68. The van der Waals surface area contributed by atoms with Gasteiger partial charge < -0.3 is 20.5 Å². The number of nitrogens with two attached hydrogens (primary N) is 1. The van der Waals surface area contributed by atoms with E-state index in [0.29, 0.717) is 5.95 Å². The second-order valence-electron chi connectivity index (χ2n) is 3.90. The fourth-order valence-electron chi connectivity index (χ4n) is 1.80. The number of piperidine rings is 1. The van der Waals surface area contributed by atoms with Gasteiger partial charge >= 0.3 is 6.01 Å². The average molecular weight is 239 g/mol. The van der Waals surface area contributed by atoms with Crippen LogP contribution in [0.4, 0.5) is 11.9 Å². The molecule has 1 fully saturated rings. The molecule has 1 saturated heterocycles. The van der Waals surface area contributed by atoms with Gasteiger partial charge in [-0.2, -0.15) is 15.0 Å². The monoisotopic (exact) mass is 239 g/mol. The van der Waals surface area contributed by atoms with E-state index in [1.165, 1.54) is 6.42 Å². The lowest BCUT2D eigenvalue weighted by atomic mass is 10.1. The van der Waals surface area contributed by atoms with Crippen LogP contribution in [-0.2, 0) is 0 Å². The second kappa shape index (κ2) is 5.62. The lowest BCUT2D eigenvalue weighted by molar-refractivity contribution is 0.191. The van der Waals surface area contributed by atoms with Crippen molar-refractivity contribution in [3.63, 3.8) is 0 Å². The van der Waals surface area contributed by atoms with E-state index in [1.807, 2.05) is 0 Å². The Bertz CT molecular complexity index is 368. The summed E-state index contributed by atoms with van der Waals surface area (Å²) in [6.45, 7) is 1.94. The molecule has 0 bridgehead atoms. The Morgan fingerprint density at radius 2 is 1.94 bits per heavy atom. The van der Waals surface area contributed by atoms with E-state index < -0.39 is 0 Å². The molecule has 0 amide bonds. The van der Waals surface area contributed by atoms with E-state index in [0.717, 1.165) is 25.9 Å². The molecule has 7 heteroatoms. The smallest absolute Gasteiger partial charge is 0.323 e. The minimum Gasteiger partial charge on any atom is -0.461 e. The SMILES string of the molecule is Nc1nc(OCCO)nc(N2CCCCC2)n1. The summed E-state index contributed by atoms with van der Waals surface area (Å²) < 4.78 is 5.15. The van der Waals surface area contributed by atoms with Gasteiger partial charge in [0.2, 0.25) is 11.9 Å². The molecular weight excluding hydrogens is 222 g/mol. The quantitative estimate of drug-likeness (QED) is 0.751. The summed E-state index contributed by atoms with van der Waals surface area (Å²) in [4.78, 5) is 14.2. The number of ether oxygens (including phenoxy) is 1. The lowest BCUT2D eigenvalue weighted by Gasteiger charge is -2.26. The van der Waals surface area contributed by atoms with Gasteiger partial charge in [-0.05, 0) is 19.3 Å². The molecule has 1 aromatic rings. The average Bonchev–Trinajstić information content (AvgIpc) is 2.37. The zero-order chi connectivity index (χ0) is 12.1. The van der Waals surface area contributed by atoms with E-state index in [2.05, 4.69) is 19.9 Å². The molecule has 1 aliphatic heterocycles. The zero-order valence-corrected chi connectivity index (χ0v) is 9.67. The highest BCUT2D eigenvalue weighted by molar-refractivity contribution is 5.36. The van der Waals surface area contributed by atoms with Crippen molar-refractivity contribution in [2.75, 3.05) is 36.9 Å². The predicted molar refractivity (Wildman–Crippen MR) is 62.9 cm³/mol. The number of nitrogens with zero attached hydrogens (tertiary/aromatic N) is 4. The summed E-state index contributed by atoms with van der Waals surface area (Å²) in [6.07, 6.45) is 3.52. The third kappa shape index (κ3) is 3.16. The number of nitrogen functional groups attached to an aromatic ring is 1. The summed E-state index contributed by atoms with van der Waals surface area (Å²) >= 11 is 0. The van der Waals surface area contributed by atoms with Crippen LogP contribution in [0.2, 0.25) is 0 Å². The van der Waals surface area contributed by atoms with Gasteiger partial charge in [-0.1, -0.05) is 0 Å². The van der Waals surface area contributed by atoms with Gasteiger partial charge in [0.25, 0.3) is 0 Å². The van der Waals surface area contributed by atoms with Crippen molar-refractivity contribution in [1.29, 1.82) is 0 Å². The third-order valence-corrected chi connectivity index (χ3v) is 2.58. The summed E-state index contributed by atoms with van der Waals surface area (Å²) in [7, 11) is 0. The van der Waals surface area contributed by atoms with Crippen LogP contribution < -0.4 is 15.4 Å². The molecule has 1 aromatic heterocycles. The van der Waals surface area contributed by atoms with Crippen LogP contribution in [0, 0.1) is 0 Å². The first-order valence-corrected chi connectivity index (χ1v) is 5.80. The Hall–Kier alpha value is -1.63. The Balaban J connectivity index is 2.12. The maximum absolute atomic E-state index is 8.68. The van der Waals surface area contributed by atoms with Crippen LogP contribution in [0.25, 0.3) is 0 Å². The Kier molecular flexibility index (Phi) is 3.92. The maximum Gasteiger partial charge on any atom is 0.323 e. The molecule has 0 aromatic carbocycles. The molecule has 0 saturated carbocycles. The van der Waals surface area contributed by atoms with Gasteiger partial charge in [-0.3, -0.25) is 0 Å². The molecule has 0 unspecified atom stereocenters. The van der Waals surface area contributed by atoms with Crippen molar-refractivity contribution >= 4 is 11.9 Å². The van der Waals surface area contributed by atoms with Crippen molar-refractivity contribution < 1.29 is 9.84 Å². The first-order valence-electron chi connectivity index (χ1n) is 5.80. The van der Waals surface area contributed by atoms with Crippen LogP contribution in [-0.4, -0.2) is 46.4 Å². The first-order chi connectivity index (χ1) is 8.29. The van der Waals surface area contributed by atoms with Crippen molar-refractivity contribution in [3.8, 4) is 6.01 Å². The molecule has 2 rings (SSSR count). The van der Waals surface area contributed by atoms with Gasteiger partial charge in [0.1, 0.15) is 6.61 Å². The highest BCUT2D eigenvalue weighted by Crippen LogP contribution is 2.18. The van der Waals surface area contributed by atoms with Gasteiger partial charge in [-0.25, -0.2) is 0 Å². The van der Waals surface area contributed by atoms with Crippen LogP contribution >= 0.6 is 0 Å². The molecule has 1 aliphatic rings. The highest BCUT2D eigenvalue weighted by Gasteiger charge is 2.15. The number of hydrogen-bond donors (Lipinski definition) is 2. The molecule has 7 nitrogen and oxygen atoms in total. The van der Waals surface area contributed by atoms with Crippen LogP contribution in [0.3, 0.4) is 0 Å². The van der Waals surface area contributed by atoms with Crippen molar-refractivity contribution in [2.24, 2.45) is 0 Å². The van der Waals surface area contributed by atoms with Gasteiger partial charge in [0.15, 0.2) is 0 Å². The number of aliphatic hydroxyl groups is 1. The van der Waals surface area contributed by atoms with E-state index in [9.17, 15) is 0 Å². The van der Waals surface area contributed by atoms with Gasteiger partial charge in [-0.15, -0.1) is 0 Å². The summed E-state index contributed by atoms with van der Waals surface area (Å²) in [5.41, 5.74) is 5.61. The topological polar surface area (TPSA) is 97.4 Å². The minimum atomic E-state index is -0.0787. The van der Waals surface area contributed by atoms with E-state index in [4.69, 9.17) is 15.6 Å². The molecule has 0 radical (unpaired) electrons. The molecular formula is C10H17N5O2. The fourth-order valence-corrected chi connectivity index (χ4v) is 1.80. The Morgan fingerprint density at radius 1 is 1.18 bits per heavy atom. The molecule has 0 spiro atoms. The van der Waals surface area contributed by atoms with Gasteiger partial charge in [0, 0.05) is 13.1 Å². The number of aromatic nitrogens is 3. The van der Waals surface area contributed by atoms with E-state index in [-0.39, 0.29) is 25.2 Å². The minimum absolute atomic E-state index is 0.0787. The first kappa shape index (κ1) is 11.8. The normalized spacial score (nSPS) is 15.9. The van der Waals surface area contributed by atoms with E-state index in [1.54, 1.807) is 0 Å². The third-order valence-electron chi connectivity index (χ3n) is 2.58. The molecule has 94 valence electrons. The standard InChI is InChI=1S/C10H17N5O2/c11-8-12-9(15-4-2-1-3-5-15)14-10(13-8)17-7-6-16/h16H,1-7H2,(H2,11,12,13,14). The number of anilines is 2. The Labute approximate surface area is 99.6 Å². The van der Waals surface area contributed by atoms with Crippen molar-refractivity contribution in [2.45, 2.75) is 19.3 Å². The lowest BCUT2D eigenvalue weighted by Crippen LogP contribution is -2.31. The maximum atomic E-state index is 8.68. The second-order valence-corrected chi connectivity index (χ2v) is 3.90. The van der Waals surface area contributed by atoms with Gasteiger partial charge in [0.05, 0.1) is 6.61 Å². The van der Waals surface area contributed by atoms with E-state index >= 15 is 0 Å². The largest absolute Gasteiger partial charge is 0.461 e. The Morgan fingerprint density at radius 3 is 2.65 bits per heavy atom. The fraction of sp³-hybridized carbons (Fsp3) is 0.700. The van der Waals surface area contributed by atoms with Crippen LogP contribution in [0.15, 0.2) is 0 Å². The number of hydrogen-bond acceptors (Lipinski definition) is 7. The zero-order valence-electron chi connectivity index (χ0n) is 9.67. The highest BCUT2D eigenvalue weighted by atomic mass is 16.5. The van der Waals surface area contributed by atoms with Crippen molar-refractivity contribution in [3.05, 3.63) is 0 Å². The number of aliphatic hydroxyl groups excluding tert-OH is 1.